The van der Waals surface area contributed by atoms with E-state index in [-0.39, 0.29) is 17.9 Å². The second kappa shape index (κ2) is 9.35. The van der Waals surface area contributed by atoms with Gasteiger partial charge >= 0.3 is 0 Å². The zero-order valence-corrected chi connectivity index (χ0v) is 20.2. The van der Waals surface area contributed by atoms with E-state index in [1.165, 1.54) is 0 Å². The lowest BCUT2D eigenvalue weighted by Crippen LogP contribution is -2.38. The van der Waals surface area contributed by atoms with Crippen LogP contribution in [0.2, 0.25) is 5.02 Å². The molecule has 8 nitrogen and oxygen atoms in total. The molecule has 1 amide bonds. The Hall–Kier alpha value is -2.97. The molecule has 1 unspecified atom stereocenters. The summed E-state index contributed by atoms with van der Waals surface area (Å²) in [5, 5.41) is 15.7. The molecule has 5 rings (SSSR count). The van der Waals surface area contributed by atoms with Crippen molar-refractivity contribution in [2.45, 2.75) is 38.3 Å². The third-order valence-electron chi connectivity index (χ3n) is 6.81. The number of halogens is 1. The van der Waals surface area contributed by atoms with Gasteiger partial charge in [-0.3, -0.25) is 4.79 Å². The summed E-state index contributed by atoms with van der Waals surface area (Å²) in [5.74, 6) is 0.777. The van der Waals surface area contributed by atoms with Gasteiger partial charge in [0.05, 0.1) is 28.4 Å². The van der Waals surface area contributed by atoms with E-state index in [0.29, 0.717) is 30.2 Å². The Labute approximate surface area is 203 Å². The first kappa shape index (κ1) is 22.8. The Morgan fingerprint density at radius 1 is 1.26 bits per heavy atom. The van der Waals surface area contributed by atoms with E-state index < -0.39 is 6.10 Å². The van der Waals surface area contributed by atoms with Crippen molar-refractivity contribution >= 4 is 35.2 Å². The maximum Gasteiger partial charge on any atom is 0.255 e. The summed E-state index contributed by atoms with van der Waals surface area (Å²) in [7, 11) is 1.73. The smallest absolute Gasteiger partial charge is 0.255 e. The minimum absolute atomic E-state index is 0.00508. The maximum absolute atomic E-state index is 13.4. The van der Waals surface area contributed by atoms with Crippen LogP contribution >= 0.6 is 11.6 Å². The summed E-state index contributed by atoms with van der Waals surface area (Å²) in [6.45, 7) is 3.87. The number of piperidine rings is 1. The average molecular weight is 481 g/mol. The number of aromatic nitrogens is 3. The number of carbonyl (C=O) groups excluding carboxylic acids is 1. The topological polar surface area (TPSA) is 86.3 Å². The van der Waals surface area contributed by atoms with Gasteiger partial charge in [0.25, 0.3) is 5.91 Å². The fraction of sp³-hybridized carbons (Fsp3) is 0.440. The molecule has 0 spiro atoms. The Balaban J connectivity index is 1.45. The first-order valence-electron chi connectivity index (χ1n) is 11.7. The number of β-amino-alcohol motifs (C(OH)–C–C–N with tert-alkyl or cyclic N) is 1. The molecule has 3 aromatic rings. The van der Waals surface area contributed by atoms with E-state index in [1.807, 2.05) is 42.4 Å². The van der Waals surface area contributed by atoms with Crippen LogP contribution in [-0.2, 0) is 0 Å². The van der Waals surface area contributed by atoms with E-state index in [4.69, 9.17) is 21.7 Å². The predicted molar refractivity (Wildman–Crippen MR) is 133 cm³/mol. The minimum Gasteiger partial charge on any atom is -0.391 e. The number of benzene rings is 1. The number of fused-ring (bicyclic) bond motifs is 1. The van der Waals surface area contributed by atoms with Gasteiger partial charge in [-0.1, -0.05) is 23.7 Å². The third kappa shape index (κ3) is 4.16. The molecule has 2 aromatic heterocycles. The molecule has 3 atom stereocenters. The molecule has 2 aliphatic rings. The van der Waals surface area contributed by atoms with Crippen molar-refractivity contribution in [3.63, 3.8) is 0 Å². The molecule has 9 heteroatoms. The van der Waals surface area contributed by atoms with Crippen molar-refractivity contribution in [3.05, 3.63) is 58.4 Å². The van der Waals surface area contributed by atoms with Gasteiger partial charge in [-0.2, -0.15) is 5.10 Å². The number of carbonyl (C=O) groups is 1. The highest BCUT2D eigenvalue weighted by molar-refractivity contribution is 6.33. The molecule has 0 bridgehead atoms. The largest absolute Gasteiger partial charge is 0.391 e. The normalized spacial score (nSPS) is 23.4. The first-order valence-corrected chi connectivity index (χ1v) is 12.1. The van der Waals surface area contributed by atoms with Crippen LogP contribution in [-0.4, -0.2) is 69.5 Å². The van der Waals surface area contributed by atoms with Crippen molar-refractivity contribution in [2.75, 3.05) is 31.6 Å². The van der Waals surface area contributed by atoms with E-state index in [9.17, 15) is 9.90 Å². The second-order valence-electron chi connectivity index (χ2n) is 9.15. The molecule has 178 valence electrons. The van der Waals surface area contributed by atoms with Crippen molar-refractivity contribution in [1.29, 1.82) is 0 Å². The number of aliphatic hydroxyl groups is 1. The zero-order chi connectivity index (χ0) is 23.8. The van der Waals surface area contributed by atoms with Gasteiger partial charge < -0.3 is 19.9 Å². The Kier molecular flexibility index (Phi) is 6.27. The molecule has 0 aliphatic carbocycles. The van der Waals surface area contributed by atoms with Crippen molar-refractivity contribution in [2.24, 2.45) is 10.9 Å². The second-order valence-corrected chi connectivity index (χ2v) is 9.56. The summed E-state index contributed by atoms with van der Waals surface area (Å²) >= 11 is 6.33. The lowest BCUT2D eigenvalue weighted by molar-refractivity contribution is 0.0606. The molecule has 1 N–H and O–H groups in total. The van der Waals surface area contributed by atoms with Crippen molar-refractivity contribution < 1.29 is 9.90 Å². The van der Waals surface area contributed by atoms with Crippen LogP contribution in [0.3, 0.4) is 0 Å². The number of aliphatic imine (C=N–C) groups is 1. The zero-order valence-electron chi connectivity index (χ0n) is 19.4. The molecule has 4 heterocycles. The Morgan fingerprint density at radius 2 is 2.09 bits per heavy atom. The summed E-state index contributed by atoms with van der Waals surface area (Å²) < 4.78 is 1.79. The lowest BCUT2D eigenvalue weighted by atomic mass is 9.98. The van der Waals surface area contributed by atoms with Crippen LogP contribution in [0.5, 0.6) is 0 Å². The van der Waals surface area contributed by atoms with Crippen LogP contribution in [0.4, 0.5) is 5.82 Å². The number of anilines is 1. The number of hydrogen-bond acceptors (Lipinski definition) is 6. The molecule has 2 aliphatic heterocycles. The number of rotatable bonds is 4. The van der Waals surface area contributed by atoms with Gasteiger partial charge in [0.2, 0.25) is 0 Å². The predicted octanol–water partition coefficient (Wildman–Crippen LogP) is 3.56. The first-order chi connectivity index (χ1) is 16.5. The monoisotopic (exact) mass is 480 g/mol. The Morgan fingerprint density at radius 3 is 2.88 bits per heavy atom. The van der Waals surface area contributed by atoms with Crippen LogP contribution in [0.15, 0.2) is 41.5 Å². The van der Waals surface area contributed by atoms with E-state index in [1.54, 1.807) is 23.7 Å². The number of aliphatic hydroxyl groups excluding tert-OH is 1. The van der Waals surface area contributed by atoms with Crippen LogP contribution in [0.1, 0.15) is 46.9 Å². The minimum atomic E-state index is -0.465. The average Bonchev–Trinajstić information content (AvgIpc) is 3.41. The number of amides is 1. The van der Waals surface area contributed by atoms with Crippen LogP contribution < -0.4 is 4.90 Å². The van der Waals surface area contributed by atoms with Gasteiger partial charge in [-0.05, 0) is 38.3 Å². The number of nitrogens with zero attached hydrogens (tertiary/aromatic N) is 6. The number of likely N-dealkylation sites (tertiary alicyclic amines) is 1. The summed E-state index contributed by atoms with van der Waals surface area (Å²) in [6, 6.07) is 9.04. The summed E-state index contributed by atoms with van der Waals surface area (Å²) in [6.07, 6.45) is 6.16. The fourth-order valence-electron chi connectivity index (χ4n) is 5.10. The van der Waals surface area contributed by atoms with E-state index >= 15 is 0 Å². The van der Waals surface area contributed by atoms with Gasteiger partial charge in [-0.25, -0.2) is 9.50 Å². The molecule has 1 aromatic carbocycles. The molecular formula is C25H29ClN6O2. The SMILES string of the molecule is C/N=C\C1CN(c2nc3cc([C@@H]4CCCCN4C(=O)c4ccccc4Cl)nn3cc2C)C[C@@H]1O. The summed E-state index contributed by atoms with van der Waals surface area (Å²) in [4.78, 5) is 26.3. The van der Waals surface area contributed by atoms with Gasteiger partial charge in [-0.15, -0.1) is 0 Å². The van der Waals surface area contributed by atoms with E-state index in [2.05, 4.69) is 9.89 Å². The van der Waals surface area contributed by atoms with Gasteiger partial charge in [0, 0.05) is 56.6 Å². The quantitative estimate of drug-likeness (QED) is 0.577. The van der Waals surface area contributed by atoms with Crippen LogP contribution in [0, 0.1) is 12.8 Å². The highest BCUT2D eigenvalue weighted by Crippen LogP contribution is 2.34. The Bertz CT molecular complexity index is 1240. The van der Waals surface area contributed by atoms with E-state index in [0.717, 1.165) is 42.0 Å². The molecule has 2 fully saturated rings. The highest BCUT2D eigenvalue weighted by Gasteiger charge is 2.33. The number of aryl methyl sites for hydroxylation is 1. The standard InChI is InChI=1S/C25H29ClN6O2/c1-16-13-32-23(28-24(16)30-14-17(12-27-2)22(33)15-30)11-20(29-32)21-9-5-6-10-31(21)25(34)18-7-3-4-8-19(18)26/h3-4,7-8,11-13,17,21-22,33H,5-6,9-10,14-15H2,1-2H3/b27-12-/t17?,21-,22-/m0/s1. The summed E-state index contributed by atoms with van der Waals surface area (Å²) in [5.41, 5.74) is 3.07. The fourth-order valence-corrected chi connectivity index (χ4v) is 5.31. The molecular weight excluding hydrogens is 452 g/mol. The maximum atomic E-state index is 13.4. The van der Waals surface area contributed by atoms with Crippen molar-refractivity contribution in [1.82, 2.24) is 19.5 Å². The molecule has 0 saturated carbocycles. The molecule has 2 saturated heterocycles. The molecule has 34 heavy (non-hydrogen) atoms. The van der Waals surface area contributed by atoms with Gasteiger partial charge in [0.1, 0.15) is 5.82 Å². The lowest BCUT2D eigenvalue weighted by Gasteiger charge is -2.35. The number of hydrogen-bond donors (Lipinski definition) is 1. The third-order valence-corrected chi connectivity index (χ3v) is 7.14. The van der Waals surface area contributed by atoms with Crippen LogP contribution in [0.25, 0.3) is 5.65 Å². The van der Waals surface area contributed by atoms with Gasteiger partial charge in [0.15, 0.2) is 5.65 Å². The highest BCUT2D eigenvalue weighted by atomic mass is 35.5. The van der Waals surface area contributed by atoms with Crippen molar-refractivity contribution in [3.8, 4) is 0 Å². The molecule has 0 radical (unpaired) electrons.